The van der Waals surface area contributed by atoms with Crippen LogP contribution in [-0.4, -0.2) is 49.4 Å². The molecule has 0 aliphatic heterocycles. The van der Waals surface area contributed by atoms with Gasteiger partial charge in [-0.05, 0) is 25.8 Å². The van der Waals surface area contributed by atoms with Gasteiger partial charge in [-0.1, -0.05) is 6.92 Å². The van der Waals surface area contributed by atoms with Crippen LogP contribution in [0.1, 0.15) is 20.3 Å². The third-order valence-electron chi connectivity index (χ3n) is 2.77. The molecule has 0 fully saturated rings. The molecule has 0 aliphatic rings. The second-order valence-electron chi connectivity index (χ2n) is 4.33. The van der Waals surface area contributed by atoms with Gasteiger partial charge in [0.1, 0.15) is 0 Å². The van der Waals surface area contributed by atoms with Gasteiger partial charge < -0.3 is 23.7 Å². The summed E-state index contributed by atoms with van der Waals surface area (Å²) in [6, 6.07) is 0.756. The lowest BCUT2D eigenvalue weighted by molar-refractivity contribution is 0.0371. The van der Waals surface area contributed by atoms with Crippen molar-refractivity contribution in [3.8, 4) is 0 Å². The number of hydrogen-bond acceptors (Lipinski definition) is 5. The maximum atomic E-state index is 5.70. The molecule has 2 N–H and O–H groups in total. The number of rotatable bonds is 10. The molecule has 104 valence electrons. The van der Waals surface area contributed by atoms with Crippen LogP contribution in [0.4, 0.5) is 0 Å². The van der Waals surface area contributed by atoms with Crippen LogP contribution < -0.4 is 5.73 Å². The van der Waals surface area contributed by atoms with Crippen LogP contribution >= 0.6 is 0 Å². The Morgan fingerprint density at radius 3 is 2.00 bits per heavy atom. The maximum Gasteiger partial charge on any atom is 0.500 e. The summed E-state index contributed by atoms with van der Waals surface area (Å²) in [6.45, 7) is 5.47. The number of nitrogens with two attached hydrogens (primary N) is 1. The summed E-state index contributed by atoms with van der Waals surface area (Å²) in [5, 5.41) is 0. The second-order valence-corrected chi connectivity index (χ2v) is 7.33. The van der Waals surface area contributed by atoms with Gasteiger partial charge in [0, 0.05) is 34.0 Å². The van der Waals surface area contributed by atoms with Crippen LogP contribution in [0.25, 0.3) is 0 Å². The van der Waals surface area contributed by atoms with Crippen molar-refractivity contribution < 1.29 is 18.0 Å². The van der Waals surface area contributed by atoms with Crippen molar-refractivity contribution in [3.05, 3.63) is 0 Å². The second kappa shape index (κ2) is 9.01. The Balaban J connectivity index is 4.02. The molecule has 0 amide bonds. The van der Waals surface area contributed by atoms with Crippen molar-refractivity contribution in [2.45, 2.75) is 32.4 Å². The first kappa shape index (κ1) is 17.0. The van der Waals surface area contributed by atoms with Crippen LogP contribution in [0.5, 0.6) is 0 Å². The van der Waals surface area contributed by atoms with Crippen molar-refractivity contribution in [3.63, 3.8) is 0 Å². The van der Waals surface area contributed by atoms with Gasteiger partial charge in [0.2, 0.25) is 0 Å². The van der Waals surface area contributed by atoms with Crippen LogP contribution in [0.15, 0.2) is 0 Å². The van der Waals surface area contributed by atoms with Crippen molar-refractivity contribution in [2.24, 2.45) is 11.7 Å². The minimum atomic E-state index is -2.48. The van der Waals surface area contributed by atoms with E-state index in [-0.39, 0.29) is 6.10 Å². The third-order valence-corrected chi connectivity index (χ3v) is 5.83. The normalized spacial score (nSPS) is 15.9. The van der Waals surface area contributed by atoms with E-state index >= 15 is 0 Å². The summed E-state index contributed by atoms with van der Waals surface area (Å²) in [7, 11) is 2.41. The molecule has 5 nitrogen and oxygen atoms in total. The zero-order valence-corrected chi connectivity index (χ0v) is 12.7. The van der Waals surface area contributed by atoms with Gasteiger partial charge in [-0.3, -0.25) is 0 Å². The van der Waals surface area contributed by atoms with E-state index in [4.69, 9.17) is 23.7 Å². The van der Waals surface area contributed by atoms with E-state index in [9.17, 15) is 0 Å². The Morgan fingerprint density at radius 1 is 1.06 bits per heavy atom. The monoisotopic (exact) mass is 265 g/mol. The van der Waals surface area contributed by atoms with Crippen molar-refractivity contribution >= 4 is 8.80 Å². The molecule has 0 aliphatic carbocycles. The van der Waals surface area contributed by atoms with Gasteiger partial charge in [0.15, 0.2) is 0 Å². The Bertz CT molecular complexity index is 182. The average Bonchev–Trinajstić information content (AvgIpc) is 2.34. The molecule has 0 aromatic heterocycles. The molecule has 0 radical (unpaired) electrons. The molecule has 2 unspecified atom stereocenters. The van der Waals surface area contributed by atoms with E-state index < -0.39 is 8.80 Å². The minimum Gasteiger partial charge on any atom is -0.378 e. The summed E-state index contributed by atoms with van der Waals surface area (Å²) in [5.41, 5.74) is 5.47. The van der Waals surface area contributed by atoms with E-state index in [1.807, 2.05) is 6.92 Å². The highest BCUT2D eigenvalue weighted by atomic mass is 28.4. The average molecular weight is 265 g/mol. The topological polar surface area (TPSA) is 62.9 Å². The SMILES string of the molecule is CO[Si](CC(C)COC(C)CCN)(OC)OC. The Kier molecular flexibility index (Phi) is 9.02. The standard InChI is InChI=1S/C11H27NO4Si/c1-10(8-16-11(2)6-7-12)9-17(13-3,14-4)15-5/h10-11H,6-9,12H2,1-5H3. The first-order chi connectivity index (χ1) is 8.03. The molecular formula is C11H27NO4Si. The molecule has 0 saturated heterocycles. The Morgan fingerprint density at radius 2 is 1.59 bits per heavy atom. The maximum absolute atomic E-state index is 5.70. The number of ether oxygens (including phenoxy) is 1. The molecule has 0 aromatic carbocycles. The Labute approximate surface area is 106 Å². The smallest absolute Gasteiger partial charge is 0.378 e. The van der Waals surface area contributed by atoms with Crippen molar-refractivity contribution in [1.29, 1.82) is 0 Å². The number of hydrogen-bond donors (Lipinski definition) is 1. The molecule has 17 heavy (non-hydrogen) atoms. The van der Waals surface area contributed by atoms with Gasteiger partial charge in [0.05, 0.1) is 6.10 Å². The summed E-state index contributed by atoms with van der Waals surface area (Å²) < 4.78 is 21.8. The van der Waals surface area contributed by atoms with Gasteiger partial charge in [-0.25, -0.2) is 0 Å². The summed E-state index contributed by atoms with van der Waals surface area (Å²) in [6.07, 6.45) is 1.08. The Hall–Kier alpha value is 0.0169. The van der Waals surface area contributed by atoms with E-state index in [1.165, 1.54) is 0 Å². The summed E-state index contributed by atoms with van der Waals surface area (Å²) in [5.74, 6) is 0.335. The van der Waals surface area contributed by atoms with Gasteiger partial charge >= 0.3 is 8.80 Å². The molecule has 0 bridgehead atoms. The largest absolute Gasteiger partial charge is 0.500 e. The lowest BCUT2D eigenvalue weighted by Gasteiger charge is -2.27. The quantitative estimate of drug-likeness (QED) is 0.602. The molecule has 0 rings (SSSR count). The summed E-state index contributed by atoms with van der Waals surface area (Å²) >= 11 is 0. The minimum absolute atomic E-state index is 0.200. The first-order valence-corrected chi connectivity index (χ1v) is 7.93. The molecule has 0 aromatic rings. The van der Waals surface area contributed by atoms with Gasteiger partial charge in [-0.15, -0.1) is 0 Å². The van der Waals surface area contributed by atoms with E-state index in [0.29, 0.717) is 19.1 Å². The van der Waals surface area contributed by atoms with E-state index in [0.717, 1.165) is 12.5 Å². The molecule has 0 heterocycles. The highest BCUT2D eigenvalue weighted by molar-refractivity contribution is 6.60. The lowest BCUT2D eigenvalue weighted by Crippen LogP contribution is -2.44. The molecule has 0 saturated carbocycles. The first-order valence-electron chi connectivity index (χ1n) is 6.00. The molecule has 6 heteroatoms. The van der Waals surface area contributed by atoms with Gasteiger partial charge in [-0.2, -0.15) is 0 Å². The molecular weight excluding hydrogens is 238 g/mol. The van der Waals surface area contributed by atoms with Crippen LogP contribution in [0.3, 0.4) is 0 Å². The van der Waals surface area contributed by atoms with E-state index in [1.54, 1.807) is 21.3 Å². The third kappa shape index (κ3) is 6.49. The van der Waals surface area contributed by atoms with Crippen LogP contribution in [0, 0.1) is 5.92 Å². The predicted octanol–water partition coefficient (Wildman–Crippen LogP) is 1.25. The van der Waals surface area contributed by atoms with Crippen LogP contribution in [0.2, 0.25) is 6.04 Å². The molecule has 0 spiro atoms. The highest BCUT2D eigenvalue weighted by Gasteiger charge is 2.39. The van der Waals surface area contributed by atoms with Crippen molar-refractivity contribution in [1.82, 2.24) is 0 Å². The predicted molar refractivity (Wildman–Crippen MR) is 69.8 cm³/mol. The molecule has 2 atom stereocenters. The zero-order chi connectivity index (χ0) is 13.3. The lowest BCUT2D eigenvalue weighted by atomic mass is 10.2. The van der Waals surface area contributed by atoms with Gasteiger partial charge in [0.25, 0.3) is 0 Å². The van der Waals surface area contributed by atoms with Crippen molar-refractivity contribution in [2.75, 3.05) is 34.5 Å². The highest BCUT2D eigenvalue weighted by Crippen LogP contribution is 2.19. The fraction of sp³-hybridized carbons (Fsp3) is 1.00. The fourth-order valence-corrected chi connectivity index (χ4v) is 3.60. The zero-order valence-electron chi connectivity index (χ0n) is 11.7. The fourth-order valence-electron chi connectivity index (χ4n) is 1.63. The van der Waals surface area contributed by atoms with Crippen LogP contribution in [-0.2, 0) is 18.0 Å². The van der Waals surface area contributed by atoms with E-state index in [2.05, 4.69) is 6.92 Å². The summed E-state index contributed by atoms with van der Waals surface area (Å²) in [4.78, 5) is 0.